The van der Waals surface area contributed by atoms with Gasteiger partial charge in [0.25, 0.3) is 0 Å². The van der Waals surface area contributed by atoms with E-state index in [0.29, 0.717) is 33.5 Å². The minimum atomic E-state index is -0.852. The lowest BCUT2D eigenvalue weighted by Gasteiger charge is -2.11. The molecule has 6 heteroatoms. The monoisotopic (exact) mass is 389 g/mol. The number of ketones is 1. The average molecular weight is 389 g/mol. The van der Waals surface area contributed by atoms with E-state index in [1.165, 1.54) is 4.57 Å². The largest absolute Gasteiger partial charge is 0.497 e. The summed E-state index contributed by atoms with van der Waals surface area (Å²) in [6.07, 6.45) is -0.852. The van der Waals surface area contributed by atoms with Crippen LogP contribution in [-0.2, 0) is 6.54 Å². The van der Waals surface area contributed by atoms with E-state index >= 15 is 0 Å². The summed E-state index contributed by atoms with van der Waals surface area (Å²) in [7, 11) is 1.56. The Hall–Kier alpha value is -3.64. The number of nitrogens with zero attached hydrogens (tertiary/aromatic N) is 1. The number of aliphatic hydroxyl groups excluding tert-OH is 1. The third kappa shape index (κ3) is 3.70. The lowest BCUT2D eigenvalue weighted by atomic mass is 10.0. The van der Waals surface area contributed by atoms with Crippen LogP contribution in [0.5, 0.6) is 5.75 Å². The Kier molecular flexibility index (Phi) is 5.01. The van der Waals surface area contributed by atoms with Crippen molar-refractivity contribution in [1.29, 1.82) is 0 Å². The smallest absolute Gasteiger partial charge is 0.420 e. The molecule has 0 fully saturated rings. The van der Waals surface area contributed by atoms with Crippen LogP contribution < -0.4 is 10.5 Å². The van der Waals surface area contributed by atoms with Crippen LogP contribution in [0.25, 0.3) is 11.1 Å². The van der Waals surface area contributed by atoms with Crippen molar-refractivity contribution >= 4 is 16.9 Å². The summed E-state index contributed by atoms with van der Waals surface area (Å²) in [6.45, 7) is 0.0572. The van der Waals surface area contributed by atoms with Crippen molar-refractivity contribution in [3.8, 4) is 5.75 Å². The zero-order chi connectivity index (χ0) is 20.4. The van der Waals surface area contributed by atoms with Crippen LogP contribution in [0, 0.1) is 0 Å². The van der Waals surface area contributed by atoms with E-state index in [-0.39, 0.29) is 12.3 Å². The molecule has 0 saturated carbocycles. The molecule has 4 rings (SSSR count). The SMILES string of the molecule is COc1ccc(C(=O)c2ccc3c(c2)oc(=O)n3CC(O)c2ccccc2)cc1. The summed E-state index contributed by atoms with van der Waals surface area (Å²) in [6, 6.07) is 20.8. The Balaban J connectivity index is 1.64. The summed E-state index contributed by atoms with van der Waals surface area (Å²) in [5.41, 5.74) is 2.45. The van der Waals surface area contributed by atoms with E-state index in [2.05, 4.69) is 0 Å². The zero-order valence-electron chi connectivity index (χ0n) is 15.7. The fourth-order valence-electron chi connectivity index (χ4n) is 3.24. The molecule has 1 heterocycles. The van der Waals surface area contributed by atoms with Crippen molar-refractivity contribution in [1.82, 2.24) is 4.57 Å². The highest BCUT2D eigenvalue weighted by atomic mass is 16.5. The van der Waals surface area contributed by atoms with Gasteiger partial charge in [-0.3, -0.25) is 9.36 Å². The number of aliphatic hydroxyl groups is 1. The second-order valence-corrected chi connectivity index (χ2v) is 6.65. The van der Waals surface area contributed by atoms with Crippen molar-refractivity contribution in [3.63, 3.8) is 0 Å². The summed E-state index contributed by atoms with van der Waals surface area (Å²) < 4.78 is 11.8. The number of hydrogen-bond donors (Lipinski definition) is 1. The zero-order valence-corrected chi connectivity index (χ0v) is 15.7. The van der Waals surface area contributed by atoms with Crippen molar-refractivity contribution in [3.05, 3.63) is 100 Å². The molecule has 6 nitrogen and oxygen atoms in total. The third-order valence-electron chi connectivity index (χ3n) is 4.82. The van der Waals surface area contributed by atoms with Gasteiger partial charge in [0.05, 0.1) is 25.3 Å². The molecule has 146 valence electrons. The first-order valence-corrected chi connectivity index (χ1v) is 9.12. The number of carbonyl (C=O) groups is 1. The number of methoxy groups -OCH3 is 1. The number of ether oxygens (including phenoxy) is 1. The van der Waals surface area contributed by atoms with Crippen LogP contribution in [0.4, 0.5) is 0 Å². The molecule has 0 aliphatic rings. The molecule has 0 amide bonds. The van der Waals surface area contributed by atoms with Crippen molar-refractivity contribution in [2.24, 2.45) is 0 Å². The lowest BCUT2D eigenvalue weighted by molar-refractivity contribution is 0.103. The summed E-state index contributed by atoms with van der Waals surface area (Å²) >= 11 is 0. The first-order chi connectivity index (χ1) is 14.1. The Morgan fingerprint density at radius 3 is 2.41 bits per heavy atom. The first-order valence-electron chi connectivity index (χ1n) is 9.12. The van der Waals surface area contributed by atoms with Crippen molar-refractivity contribution < 1.29 is 19.1 Å². The number of benzene rings is 3. The molecular formula is C23H19NO5. The predicted molar refractivity (Wildman–Crippen MR) is 108 cm³/mol. The van der Waals surface area contributed by atoms with E-state index in [9.17, 15) is 14.7 Å². The van der Waals surface area contributed by atoms with Crippen molar-refractivity contribution in [2.75, 3.05) is 7.11 Å². The normalized spacial score (nSPS) is 12.1. The molecule has 0 saturated heterocycles. The van der Waals surface area contributed by atoms with Crippen LogP contribution in [0.1, 0.15) is 27.6 Å². The highest BCUT2D eigenvalue weighted by Gasteiger charge is 2.17. The topological polar surface area (TPSA) is 81.7 Å². The van der Waals surface area contributed by atoms with Crippen LogP contribution in [0.3, 0.4) is 0 Å². The van der Waals surface area contributed by atoms with Crippen LogP contribution in [0.15, 0.2) is 82.0 Å². The van der Waals surface area contributed by atoms with Gasteiger partial charge in [-0.1, -0.05) is 30.3 Å². The molecular weight excluding hydrogens is 370 g/mol. The van der Waals surface area contributed by atoms with Crippen molar-refractivity contribution in [2.45, 2.75) is 12.6 Å². The van der Waals surface area contributed by atoms with Gasteiger partial charge in [-0.05, 0) is 48.0 Å². The van der Waals surface area contributed by atoms with E-state index in [0.717, 1.165) is 0 Å². The number of carbonyl (C=O) groups excluding carboxylic acids is 1. The number of oxazole rings is 1. The Morgan fingerprint density at radius 2 is 1.72 bits per heavy atom. The molecule has 3 aromatic carbocycles. The Morgan fingerprint density at radius 1 is 1.03 bits per heavy atom. The van der Waals surface area contributed by atoms with E-state index in [1.54, 1.807) is 61.7 Å². The van der Waals surface area contributed by atoms with Gasteiger partial charge in [-0.25, -0.2) is 4.79 Å². The minimum absolute atomic E-state index is 0.0572. The maximum atomic E-state index is 12.7. The maximum Gasteiger partial charge on any atom is 0.420 e. The number of rotatable bonds is 6. The quantitative estimate of drug-likeness (QED) is 0.510. The first kappa shape index (κ1) is 18.7. The highest BCUT2D eigenvalue weighted by molar-refractivity contribution is 6.10. The molecule has 0 spiro atoms. The van der Waals surface area contributed by atoms with Crippen LogP contribution in [-0.4, -0.2) is 22.6 Å². The fourth-order valence-corrected chi connectivity index (χ4v) is 3.24. The van der Waals surface area contributed by atoms with Gasteiger partial charge in [0.2, 0.25) is 0 Å². The van der Waals surface area contributed by atoms with Gasteiger partial charge < -0.3 is 14.3 Å². The molecule has 0 bridgehead atoms. The molecule has 0 radical (unpaired) electrons. The second kappa shape index (κ2) is 7.77. The number of fused-ring (bicyclic) bond motifs is 1. The van der Waals surface area contributed by atoms with E-state index < -0.39 is 11.9 Å². The molecule has 29 heavy (non-hydrogen) atoms. The average Bonchev–Trinajstić information content (AvgIpc) is 3.08. The van der Waals surface area contributed by atoms with Gasteiger partial charge in [-0.2, -0.15) is 0 Å². The molecule has 0 aliphatic carbocycles. The molecule has 1 unspecified atom stereocenters. The molecule has 1 atom stereocenters. The third-order valence-corrected chi connectivity index (χ3v) is 4.82. The lowest BCUT2D eigenvalue weighted by Crippen LogP contribution is -2.18. The Bertz CT molecular complexity index is 1210. The summed E-state index contributed by atoms with van der Waals surface area (Å²) in [4.78, 5) is 25.1. The highest BCUT2D eigenvalue weighted by Crippen LogP contribution is 2.21. The van der Waals surface area contributed by atoms with Gasteiger partial charge in [0.15, 0.2) is 11.4 Å². The predicted octanol–water partition coefficient (Wildman–Crippen LogP) is 3.57. The molecule has 0 aliphatic heterocycles. The minimum Gasteiger partial charge on any atom is -0.497 e. The molecule has 4 aromatic rings. The van der Waals surface area contributed by atoms with Gasteiger partial charge in [0.1, 0.15) is 5.75 Å². The van der Waals surface area contributed by atoms with Gasteiger partial charge >= 0.3 is 5.76 Å². The summed E-state index contributed by atoms with van der Waals surface area (Å²) in [5, 5.41) is 10.4. The van der Waals surface area contributed by atoms with Gasteiger partial charge in [-0.15, -0.1) is 0 Å². The van der Waals surface area contributed by atoms with Gasteiger partial charge in [0, 0.05) is 11.1 Å². The number of aromatic nitrogens is 1. The van der Waals surface area contributed by atoms with Crippen LogP contribution >= 0.6 is 0 Å². The molecule has 1 N–H and O–H groups in total. The van der Waals surface area contributed by atoms with E-state index in [4.69, 9.17) is 9.15 Å². The second-order valence-electron chi connectivity index (χ2n) is 6.65. The standard InChI is InChI=1S/C23H19NO5/c1-28-18-10-7-16(8-11-18)22(26)17-9-12-19-21(13-17)29-23(27)24(19)14-20(25)15-5-3-2-4-6-15/h2-13,20,25H,14H2,1H3. The fraction of sp³-hybridized carbons (Fsp3) is 0.130. The van der Waals surface area contributed by atoms with Crippen LogP contribution in [0.2, 0.25) is 0 Å². The maximum absolute atomic E-state index is 12.7. The Labute approximate surface area is 166 Å². The molecule has 1 aromatic heterocycles. The van der Waals surface area contributed by atoms with E-state index in [1.807, 2.05) is 18.2 Å². The number of hydrogen-bond acceptors (Lipinski definition) is 5. The summed E-state index contributed by atoms with van der Waals surface area (Å²) in [5.74, 6) is -0.102.